The number of rotatable bonds is 3. The highest BCUT2D eigenvalue weighted by Crippen LogP contribution is 2.33. The van der Waals surface area contributed by atoms with Crippen LogP contribution in [0, 0.1) is 0 Å². The average Bonchev–Trinajstić information content (AvgIpc) is 3.21. The smallest absolute Gasteiger partial charge is 0.321 e. The van der Waals surface area contributed by atoms with Gasteiger partial charge in [-0.3, -0.25) is 9.45 Å². The van der Waals surface area contributed by atoms with Crippen LogP contribution >= 0.6 is 0 Å². The van der Waals surface area contributed by atoms with Gasteiger partial charge in [-0.1, -0.05) is 6.07 Å². The van der Waals surface area contributed by atoms with E-state index in [0.717, 1.165) is 10.9 Å². The molecule has 0 spiro atoms. The zero-order valence-corrected chi connectivity index (χ0v) is 13.9. The summed E-state index contributed by atoms with van der Waals surface area (Å²) >= 11 is 0. The molecular formula is C17H15N3O4S. The lowest BCUT2D eigenvalue weighted by molar-refractivity contribution is 0.252. The van der Waals surface area contributed by atoms with Gasteiger partial charge in [0.15, 0.2) is 0 Å². The second-order valence-electron chi connectivity index (χ2n) is 5.82. The maximum atomic E-state index is 11.9. The van der Waals surface area contributed by atoms with Crippen molar-refractivity contribution in [3.8, 4) is 11.1 Å². The highest BCUT2D eigenvalue weighted by atomic mass is 32.2. The van der Waals surface area contributed by atoms with Gasteiger partial charge in [-0.25, -0.2) is 4.79 Å². The summed E-state index contributed by atoms with van der Waals surface area (Å²) in [6.07, 6.45) is 1.79. The summed E-state index contributed by atoms with van der Waals surface area (Å²) in [5.74, 6) is 0. The third kappa shape index (κ3) is 2.75. The number of fused-ring (bicyclic) bond motifs is 1. The first-order chi connectivity index (χ1) is 11.9. The van der Waals surface area contributed by atoms with E-state index in [2.05, 4.69) is 10.3 Å². The van der Waals surface area contributed by atoms with Gasteiger partial charge in [0.1, 0.15) is 4.90 Å². The van der Waals surface area contributed by atoms with Crippen LogP contribution in [-0.4, -0.2) is 37.1 Å². The second kappa shape index (κ2) is 5.61. The third-order valence-electron chi connectivity index (χ3n) is 4.27. The third-order valence-corrected chi connectivity index (χ3v) is 5.19. The van der Waals surface area contributed by atoms with E-state index < -0.39 is 10.1 Å². The molecule has 0 saturated carbocycles. The molecule has 25 heavy (non-hydrogen) atoms. The summed E-state index contributed by atoms with van der Waals surface area (Å²) in [5.41, 5.74) is 2.49. The maximum absolute atomic E-state index is 11.9. The van der Waals surface area contributed by atoms with Crippen LogP contribution in [0.2, 0.25) is 0 Å². The molecule has 2 amide bonds. The minimum atomic E-state index is -4.40. The Morgan fingerprint density at radius 1 is 1.08 bits per heavy atom. The molecule has 1 aromatic heterocycles. The Morgan fingerprint density at radius 3 is 2.64 bits per heavy atom. The number of urea groups is 1. The van der Waals surface area contributed by atoms with Crippen LogP contribution in [0.5, 0.6) is 0 Å². The Balaban J connectivity index is 1.91. The first-order valence-electron chi connectivity index (χ1n) is 7.68. The van der Waals surface area contributed by atoms with Gasteiger partial charge in [0.05, 0.1) is 0 Å². The van der Waals surface area contributed by atoms with E-state index in [4.69, 9.17) is 0 Å². The van der Waals surface area contributed by atoms with E-state index in [0.29, 0.717) is 29.9 Å². The maximum Gasteiger partial charge on any atom is 0.321 e. The van der Waals surface area contributed by atoms with Crippen molar-refractivity contribution in [2.75, 3.05) is 18.0 Å². The topological polar surface area (TPSA) is 102 Å². The average molecular weight is 357 g/mol. The predicted molar refractivity (Wildman–Crippen MR) is 94.3 cm³/mol. The Labute approximate surface area is 144 Å². The zero-order chi connectivity index (χ0) is 17.6. The van der Waals surface area contributed by atoms with E-state index >= 15 is 0 Å². The number of hydrogen-bond acceptors (Lipinski definition) is 3. The Kier molecular flexibility index (Phi) is 3.52. The van der Waals surface area contributed by atoms with Crippen molar-refractivity contribution in [1.29, 1.82) is 0 Å². The van der Waals surface area contributed by atoms with Crippen LogP contribution in [0.15, 0.2) is 53.6 Å². The van der Waals surface area contributed by atoms with Crippen molar-refractivity contribution < 1.29 is 17.8 Å². The molecule has 4 rings (SSSR count). The molecule has 2 aromatic carbocycles. The van der Waals surface area contributed by atoms with Crippen LogP contribution in [0.25, 0.3) is 22.0 Å². The molecule has 3 N–H and O–H groups in total. The van der Waals surface area contributed by atoms with Crippen molar-refractivity contribution >= 4 is 32.7 Å². The Bertz CT molecular complexity index is 1090. The number of carbonyl (C=O) groups is 1. The van der Waals surface area contributed by atoms with Crippen LogP contribution in [-0.2, 0) is 10.1 Å². The van der Waals surface area contributed by atoms with E-state index in [9.17, 15) is 17.8 Å². The number of benzene rings is 2. The molecule has 1 aliphatic heterocycles. The van der Waals surface area contributed by atoms with E-state index in [-0.39, 0.29) is 10.9 Å². The highest BCUT2D eigenvalue weighted by Gasteiger charge is 2.24. The summed E-state index contributed by atoms with van der Waals surface area (Å²) in [5, 5.41) is 3.63. The molecule has 128 valence electrons. The van der Waals surface area contributed by atoms with Crippen LogP contribution < -0.4 is 10.2 Å². The molecule has 0 atom stereocenters. The molecule has 1 aliphatic rings. The minimum Gasteiger partial charge on any atom is -0.361 e. The summed E-state index contributed by atoms with van der Waals surface area (Å²) in [7, 11) is -4.40. The fourth-order valence-corrected chi connectivity index (χ4v) is 3.77. The summed E-state index contributed by atoms with van der Waals surface area (Å²) in [6, 6.07) is 11.6. The van der Waals surface area contributed by atoms with Crippen molar-refractivity contribution in [3.63, 3.8) is 0 Å². The zero-order valence-electron chi connectivity index (χ0n) is 13.1. The number of hydrogen-bond donors (Lipinski definition) is 3. The molecule has 0 aliphatic carbocycles. The van der Waals surface area contributed by atoms with E-state index in [1.807, 2.05) is 18.2 Å². The minimum absolute atomic E-state index is 0.189. The number of aromatic amines is 1. The van der Waals surface area contributed by atoms with Gasteiger partial charge in [-0.2, -0.15) is 8.42 Å². The number of carbonyl (C=O) groups excluding carboxylic acids is 1. The number of amides is 2. The first kappa shape index (κ1) is 15.7. The molecular weight excluding hydrogens is 342 g/mol. The van der Waals surface area contributed by atoms with Gasteiger partial charge in [0.2, 0.25) is 0 Å². The van der Waals surface area contributed by atoms with Crippen LogP contribution in [0.1, 0.15) is 0 Å². The molecule has 8 heteroatoms. The summed E-state index contributed by atoms with van der Waals surface area (Å²) < 4.78 is 33.2. The number of aromatic nitrogens is 1. The van der Waals surface area contributed by atoms with Gasteiger partial charge in [0.25, 0.3) is 10.1 Å². The Morgan fingerprint density at radius 2 is 1.92 bits per heavy atom. The molecule has 0 radical (unpaired) electrons. The quantitative estimate of drug-likeness (QED) is 0.627. The van der Waals surface area contributed by atoms with Crippen molar-refractivity contribution in [2.24, 2.45) is 0 Å². The molecule has 7 nitrogen and oxygen atoms in total. The highest BCUT2D eigenvalue weighted by molar-refractivity contribution is 7.86. The van der Waals surface area contributed by atoms with Crippen LogP contribution in [0.4, 0.5) is 10.5 Å². The second-order valence-corrected chi connectivity index (χ2v) is 7.21. The molecule has 0 unspecified atom stereocenters. The van der Waals surface area contributed by atoms with Crippen LogP contribution in [0.3, 0.4) is 0 Å². The standard InChI is InChI=1S/C17H15N3O4S/c21-17-19-7-8-20(17)13-2-4-16(25(22,23)24)14(10-13)11-1-3-15-12(9-11)5-6-18-15/h1-6,9-10,18H,7-8H2,(H,19,21)(H,22,23,24). The van der Waals surface area contributed by atoms with Gasteiger partial charge < -0.3 is 10.3 Å². The normalized spacial score (nSPS) is 14.9. The fourth-order valence-electron chi connectivity index (χ4n) is 3.08. The monoisotopic (exact) mass is 357 g/mol. The van der Waals surface area contributed by atoms with Crippen molar-refractivity contribution in [2.45, 2.75) is 4.90 Å². The number of nitrogens with zero attached hydrogens (tertiary/aromatic N) is 1. The largest absolute Gasteiger partial charge is 0.361 e. The molecule has 0 bridgehead atoms. The van der Waals surface area contributed by atoms with Gasteiger partial charge in [0, 0.05) is 36.1 Å². The molecule has 1 fully saturated rings. The number of nitrogens with one attached hydrogen (secondary N) is 2. The molecule has 1 saturated heterocycles. The lowest BCUT2D eigenvalue weighted by Gasteiger charge is -2.17. The summed E-state index contributed by atoms with van der Waals surface area (Å²) in [6.45, 7) is 1.03. The Hall–Kier alpha value is -2.84. The molecule has 3 aromatic rings. The van der Waals surface area contributed by atoms with Crippen molar-refractivity contribution in [3.05, 3.63) is 48.7 Å². The van der Waals surface area contributed by atoms with E-state index in [1.165, 1.54) is 17.0 Å². The van der Waals surface area contributed by atoms with Gasteiger partial charge >= 0.3 is 6.03 Å². The molecule has 2 heterocycles. The van der Waals surface area contributed by atoms with Crippen molar-refractivity contribution in [1.82, 2.24) is 10.3 Å². The number of H-pyrrole nitrogens is 1. The predicted octanol–water partition coefficient (Wildman–Crippen LogP) is 2.61. The lowest BCUT2D eigenvalue weighted by atomic mass is 10.0. The van der Waals surface area contributed by atoms with Gasteiger partial charge in [-0.15, -0.1) is 0 Å². The van der Waals surface area contributed by atoms with E-state index in [1.54, 1.807) is 18.3 Å². The number of anilines is 1. The first-order valence-corrected chi connectivity index (χ1v) is 9.12. The fraction of sp³-hybridized carbons (Fsp3) is 0.118. The van der Waals surface area contributed by atoms with Gasteiger partial charge in [-0.05, 0) is 47.3 Å². The lowest BCUT2D eigenvalue weighted by Crippen LogP contribution is -2.27. The SMILES string of the molecule is O=C1NCCN1c1ccc(S(=O)(=O)O)c(-c2ccc3[nH]ccc3c2)c1. The summed E-state index contributed by atoms with van der Waals surface area (Å²) in [4.78, 5) is 16.3.